The molecule has 2 heterocycles. The number of aliphatic hydroxyl groups is 1. The Morgan fingerprint density at radius 2 is 1.87 bits per heavy atom. The van der Waals surface area contributed by atoms with Crippen LogP contribution in [0.2, 0.25) is 0 Å². The van der Waals surface area contributed by atoms with Crippen molar-refractivity contribution >= 4 is 25.5 Å². The monoisotopic (exact) mass is 575 g/mol. The summed E-state index contributed by atoms with van der Waals surface area (Å²) in [6.07, 6.45) is 3.95. The number of aliphatic hydroxyl groups excluding tert-OH is 1. The second-order valence-corrected chi connectivity index (χ2v) is 11.5. The first kappa shape index (κ1) is 32.9. The van der Waals surface area contributed by atoms with E-state index in [0.29, 0.717) is 61.4 Å². The zero-order valence-corrected chi connectivity index (χ0v) is 27.7. The summed E-state index contributed by atoms with van der Waals surface area (Å²) in [5.41, 5.74) is 3.19. The minimum atomic E-state index is -5.02. The molecule has 2 saturated carbocycles. The summed E-state index contributed by atoms with van der Waals surface area (Å²) in [5, 5.41) is 15.8. The molecule has 1 saturated heterocycles. The number of hydrogen-bond donors (Lipinski definition) is 3. The Labute approximate surface area is 272 Å². The molecule has 1 aromatic heterocycles. The van der Waals surface area contributed by atoms with Gasteiger partial charge in [-0.25, -0.2) is 4.98 Å². The van der Waals surface area contributed by atoms with Gasteiger partial charge in [0.25, 0.3) is 5.91 Å². The van der Waals surface area contributed by atoms with E-state index in [2.05, 4.69) is 25.0 Å². The van der Waals surface area contributed by atoms with Gasteiger partial charge in [-0.2, -0.15) is 4.98 Å². The largest absolute Gasteiger partial charge is 1.00 e. The van der Waals surface area contributed by atoms with Crippen molar-refractivity contribution in [3.63, 3.8) is 0 Å². The van der Waals surface area contributed by atoms with Gasteiger partial charge in [-0.3, -0.25) is 4.79 Å². The molecule has 0 spiro atoms. The molecule has 2 aromatic rings. The summed E-state index contributed by atoms with van der Waals surface area (Å²) >= 11 is 0. The van der Waals surface area contributed by atoms with Crippen LogP contribution in [-0.4, -0.2) is 46.2 Å². The predicted octanol–water partition coefficient (Wildman–Crippen LogP) is -4.76. The van der Waals surface area contributed by atoms with Crippen molar-refractivity contribution in [2.24, 2.45) is 11.8 Å². The van der Waals surface area contributed by atoms with Crippen molar-refractivity contribution in [2.45, 2.75) is 64.3 Å². The summed E-state index contributed by atoms with van der Waals surface area (Å²) < 4.78 is 15.5. The van der Waals surface area contributed by atoms with Crippen molar-refractivity contribution in [3.8, 4) is 0 Å². The first-order valence-electron chi connectivity index (χ1n) is 12.7. The number of phosphoric acid groups is 1. The predicted molar refractivity (Wildman–Crippen MR) is 132 cm³/mol. The number of hydrogen-bond acceptors (Lipinski definition) is 10. The van der Waals surface area contributed by atoms with E-state index in [4.69, 9.17) is 4.98 Å². The van der Waals surface area contributed by atoms with E-state index in [-0.39, 0.29) is 77.7 Å². The number of nitrogens with one attached hydrogen (secondary N) is 2. The van der Waals surface area contributed by atoms with Crippen molar-refractivity contribution in [1.29, 1.82) is 0 Å². The van der Waals surface area contributed by atoms with E-state index < -0.39 is 13.9 Å². The Morgan fingerprint density at radius 1 is 1.18 bits per heavy atom. The number of rotatable bonds is 9. The fourth-order valence-corrected chi connectivity index (χ4v) is 5.95. The van der Waals surface area contributed by atoms with Crippen LogP contribution in [0.15, 0.2) is 24.4 Å². The van der Waals surface area contributed by atoms with Crippen LogP contribution in [0.5, 0.6) is 0 Å². The molecule has 3 aliphatic rings. The second-order valence-electron chi connectivity index (χ2n) is 10.4. The Hall–Kier alpha value is -0.560. The molecule has 0 radical (unpaired) electrons. The number of fused-ring (bicyclic) bond motifs is 1. The van der Waals surface area contributed by atoms with Gasteiger partial charge in [0.2, 0.25) is 5.95 Å². The average Bonchev–Trinajstić information content (AvgIpc) is 3.47. The number of benzene rings is 1. The summed E-state index contributed by atoms with van der Waals surface area (Å²) in [4.78, 5) is 46.4. The summed E-state index contributed by atoms with van der Waals surface area (Å²) in [7, 11) is -5.02. The van der Waals surface area contributed by atoms with E-state index in [1.165, 1.54) is 6.42 Å². The van der Waals surface area contributed by atoms with Crippen LogP contribution < -0.4 is 84.4 Å². The van der Waals surface area contributed by atoms with E-state index in [9.17, 15) is 24.3 Å². The summed E-state index contributed by atoms with van der Waals surface area (Å²) in [6, 6.07) is 5.65. The number of phosphoric ester groups is 1. The molecule has 11 nitrogen and oxygen atoms in total. The molecule has 200 valence electrons. The second kappa shape index (κ2) is 14.1. The van der Waals surface area contributed by atoms with Crippen LogP contribution >= 0.6 is 7.82 Å². The van der Waals surface area contributed by atoms with Crippen molar-refractivity contribution < 1.29 is 87.9 Å². The molecule has 39 heavy (non-hydrogen) atoms. The maximum absolute atomic E-state index is 13.2. The SMILES string of the molecule is Cc1cc(CNc2nc(N3CC4CC4C3)ncc2C(=O)NC2CCC(OP(=O)([O-])[O-])CC2)ccc1CO.[Na+].[Na+]. The molecule has 3 N–H and O–H groups in total. The maximum atomic E-state index is 13.2. The van der Waals surface area contributed by atoms with Gasteiger partial charge in [-0.1, -0.05) is 18.2 Å². The average molecular weight is 576 g/mol. The van der Waals surface area contributed by atoms with Gasteiger partial charge < -0.3 is 39.5 Å². The third kappa shape index (κ3) is 8.72. The quantitative estimate of drug-likeness (QED) is 0.196. The van der Waals surface area contributed by atoms with E-state index in [1.807, 2.05) is 25.1 Å². The summed E-state index contributed by atoms with van der Waals surface area (Å²) in [6.45, 7) is 4.24. The normalized spacial score (nSPS) is 23.7. The van der Waals surface area contributed by atoms with Gasteiger partial charge >= 0.3 is 59.1 Å². The van der Waals surface area contributed by atoms with Crippen LogP contribution in [0.1, 0.15) is 59.2 Å². The van der Waals surface area contributed by atoms with E-state index >= 15 is 0 Å². The molecule has 2 atom stereocenters. The van der Waals surface area contributed by atoms with Gasteiger partial charge in [-0.15, -0.1) is 0 Å². The van der Waals surface area contributed by atoms with Gasteiger partial charge in [-0.05, 0) is 67.6 Å². The zero-order chi connectivity index (χ0) is 26.2. The fourth-order valence-electron chi connectivity index (χ4n) is 5.38. The maximum Gasteiger partial charge on any atom is 1.00 e. The molecule has 1 aromatic carbocycles. The third-order valence-electron chi connectivity index (χ3n) is 7.61. The smallest absolute Gasteiger partial charge is 0.790 e. The topological polar surface area (TPSA) is 163 Å². The standard InChI is InChI=1S/C25H34N5O6P.2Na/c1-15-8-16(2-3-17(15)14-31)10-26-23-22(11-27-25(29-23)30-12-18-9-19(18)13-30)24(32)28-20-4-6-21(7-5-20)36-37(33,34)35;;/h2-3,8,11,18-21,31H,4-7,9-10,12-14H2,1H3,(H,28,32)(H,26,27,29)(H2,33,34,35);;/q;2*+1/p-2. The molecule has 14 heteroatoms. The Bertz CT molecular complexity index is 1200. The molecule has 0 bridgehead atoms. The number of amides is 1. The van der Waals surface area contributed by atoms with Crippen molar-refractivity contribution in [1.82, 2.24) is 15.3 Å². The molecule has 2 unspecified atom stereocenters. The number of aromatic nitrogens is 2. The number of carbonyl (C=O) groups is 1. The van der Waals surface area contributed by atoms with Gasteiger partial charge in [0.05, 0.1) is 20.5 Å². The molecule has 5 rings (SSSR count). The molecule has 1 aliphatic heterocycles. The zero-order valence-electron chi connectivity index (χ0n) is 22.8. The van der Waals surface area contributed by atoms with Crippen molar-refractivity contribution in [2.75, 3.05) is 23.3 Å². The van der Waals surface area contributed by atoms with Gasteiger partial charge in [0, 0.05) is 31.9 Å². The van der Waals surface area contributed by atoms with Crippen LogP contribution in [0.3, 0.4) is 0 Å². The van der Waals surface area contributed by atoms with Crippen LogP contribution in [-0.2, 0) is 22.2 Å². The van der Waals surface area contributed by atoms with Crippen LogP contribution in [0, 0.1) is 18.8 Å². The van der Waals surface area contributed by atoms with Crippen LogP contribution in [0.4, 0.5) is 11.8 Å². The van der Waals surface area contributed by atoms with E-state index in [0.717, 1.165) is 29.8 Å². The Morgan fingerprint density at radius 3 is 2.49 bits per heavy atom. The molecular weight excluding hydrogens is 543 g/mol. The molecule has 1 amide bonds. The molecular formula is C25H32N5Na2O6P. The Balaban J connectivity index is 0.00000210. The van der Waals surface area contributed by atoms with Crippen LogP contribution in [0.25, 0.3) is 0 Å². The first-order chi connectivity index (χ1) is 17.7. The molecule has 2 aliphatic carbocycles. The number of aryl methyl sites for hydroxylation is 1. The summed E-state index contributed by atoms with van der Waals surface area (Å²) in [5.74, 6) is 2.17. The minimum Gasteiger partial charge on any atom is -0.790 e. The molecule has 3 fully saturated rings. The number of piperidine rings is 1. The van der Waals surface area contributed by atoms with Gasteiger partial charge in [0.1, 0.15) is 11.4 Å². The number of anilines is 2. The first-order valence-corrected chi connectivity index (χ1v) is 14.2. The number of nitrogens with zero attached hydrogens (tertiary/aromatic N) is 3. The third-order valence-corrected chi connectivity index (χ3v) is 8.16. The number of carbonyl (C=O) groups excluding carboxylic acids is 1. The minimum absolute atomic E-state index is 0. The van der Waals surface area contributed by atoms with Gasteiger partial charge in [0.15, 0.2) is 0 Å². The Kier molecular flexibility index (Phi) is 11.9. The fraction of sp³-hybridized carbons (Fsp3) is 0.560. The van der Waals surface area contributed by atoms with Crippen molar-refractivity contribution in [3.05, 3.63) is 46.6 Å². The van der Waals surface area contributed by atoms with E-state index in [1.54, 1.807) is 6.20 Å².